The third kappa shape index (κ3) is 4.48. The Labute approximate surface area is 180 Å². The van der Waals surface area contributed by atoms with Crippen LogP contribution in [0.1, 0.15) is 17.3 Å². The van der Waals surface area contributed by atoms with E-state index in [9.17, 15) is 9.18 Å². The van der Waals surface area contributed by atoms with E-state index in [2.05, 4.69) is 30.6 Å². The van der Waals surface area contributed by atoms with Crippen LogP contribution in [0.4, 0.5) is 16.0 Å². The van der Waals surface area contributed by atoms with Crippen molar-refractivity contribution in [2.75, 3.05) is 11.9 Å². The largest absolute Gasteiger partial charge is 0.462 e. The molecule has 0 unspecified atom stereocenters. The van der Waals surface area contributed by atoms with Crippen LogP contribution in [0.2, 0.25) is 5.02 Å². The molecule has 0 aliphatic heterocycles. The summed E-state index contributed by atoms with van der Waals surface area (Å²) in [7, 11) is 0. The lowest BCUT2D eigenvalue weighted by atomic mass is 10.1. The molecule has 0 aliphatic rings. The average Bonchev–Trinajstić information content (AvgIpc) is 3.31. The van der Waals surface area contributed by atoms with Crippen LogP contribution in [0, 0.1) is 5.82 Å². The molecular formula is C20H15ClFN7O2. The molecule has 0 radical (unpaired) electrons. The predicted molar refractivity (Wildman–Crippen MR) is 111 cm³/mol. The lowest BCUT2D eigenvalue weighted by Crippen LogP contribution is -2.08. The van der Waals surface area contributed by atoms with E-state index >= 15 is 0 Å². The van der Waals surface area contributed by atoms with Gasteiger partial charge in [0.1, 0.15) is 5.82 Å². The molecule has 0 atom stereocenters. The second kappa shape index (κ2) is 8.84. The Morgan fingerprint density at radius 2 is 2.13 bits per heavy atom. The zero-order valence-electron chi connectivity index (χ0n) is 16.2. The van der Waals surface area contributed by atoms with Crippen molar-refractivity contribution in [2.24, 2.45) is 0 Å². The first-order valence-corrected chi connectivity index (χ1v) is 9.51. The van der Waals surface area contributed by atoms with Crippen molar-refractivity contribution in [1.82, 2.24) is 29.9 Å². The summed E-state index contributed by atoms with van der Waals surface area (Å²) in [6.45, 7) is 1.98. The number of carbonyl (C=O) groups excluding carboxylic acids is 1. The summed E-state index contributed by atoms with van der Waals surface area (Å²) in [4.78, 5) is 25.0. The van der Waals surface area contributed by atoms with Gasteiger partial charge in [0, 0.05) is 35.4 Å². The second-order valence-corrected chi connectivity index (χ2v) is 6.62. The number of nitrogens with zero attached hydrogens (tertiary/aromatic N) is 6. The first-order chi connectivity index (χ1) is 15.0. The fraction of sp³-hybridized carbons (Fsp3) is 0.100. The third-order valence-corrected chi connectivity index (χ3v) is 4.43. The minimum Gasteiger partial charge on any atom is -0.462 e. The highest BCUT2D eigenvalue weighted by Gasteiger charge is 2.16. The molecule has 4 aromatic rings. The van der Waals surface area contributed by atoms with Crippen molar-refractivity contribution in [1.29, 1.82) is 0 Å². The van der Waals surface area contributed by atoms with Crippen molar-refractivity contribution in [3.63, 3.8) is 0 Å². The first-order valence-electron chi connectivity index (χ1n) is 9.13. The number of aromatic nitrogens is 6. The van der Waals surface area contributed by atoms with Gasteiger partial charge < -0.3 is 10.1 Å². The number of benzene rings is 1. The molecule has 3 heterocycles. The number of hydrogen-bond donors (Lipinski definition) is 1. The lowest BCUT2D eigenvalue weighted by molar-refractivity contribution is 0.0526. The number of hydrogen-bond acceptors (Lipinski definition) is 8. The van der Waals surface area contributed by atoms with Crippen LogP contribution in [-0.2, 0) is 4.74 Å². The molecule has 1 aromatic carbocycles. The molecule has 156 valence electrons. The summed E-state index contributed by atoms with van der Waals surface area (Å²) in [5, 5.41) is 10.8. The average molecular weight is 440 g/mol. The molecule has 4 rings (SSSR count). The Morgan fingerprint density at radius 3 is 2.87 bits per heavy atom. The van der Waals surface area contributed by atoms with Gasteiger partial charge in [-0.2, -0.15) is 4.98 Å². The first kappa shape index (κ1) is 20.4. The van der Waals surface area contributed by atoms with Gasteiger partial charge in [0.25, 0.3) is 0 Å². The molecule has 11 heteroatoms. The molecule has 1 N–H and O–H groups in total. The van der Waals surface area contributed by atoms with E-state index in [0.29, 0.717) is 28.2 Å². The minimum absolute atomic E-state index is 0.0278. The zero-order chi connectivity index (χ0) is 21.8. The van der Waals surface area contributed by atoms with Crippen LogP contribution in [0.5, 0.6) is 0 Å². The number of halogens is 2. The quantitative estimate of drug-likeness (QED) is 0.451. The maximum Gasteiger partial charge on any atom is 0.339 e. The molecule has 0 fully saturated rings. The fourth-order valence-corrected chi connectivity index (χ4v) is 2.93. The van der Waals surface area contributed by atoms with Gasteiger partial charge in [-0.25, -0.2) is 18.9 Å². The summed E-state index contributed by atoms with van der Waals surface area (Å²) in [6, 6.07) is 5.82. The Bertz CT molecular complexity index is 1230. The van der Waals surface area contributed by atoms with Crippen LogP contribution in [0.15, 0.2) is 55.2 Å². The molecular weight excluding hydrogens is 425 g/mol. The van der Waals surface area contributed by atoms with Gasteiger partial charge in [-0.05, 0) is 31.2 Å². The van der Waals surface area contributed by atoms with E-state index in [1.807, 2.05) is 0 Å². The normalized spacial score (nSPS) is 10.7. The Morgan fingerprint density at radius 1 is 1.26 bits per heavy atom. The van der Waals surface area contributed by atoms with E-state index in [0.717, 1.165) is 0 Å². The smallest absolute Gasteiger partial charge is 0.339 e. The van der Waals surface area contributed by atoms with E-state index < -0.39 is 11.8 Å². The topological polar surface area (TPSA) is 108 Å². The molecule has 3 aromatic heterocycles. The number of rotatable bonds is 6. The third-order valence-electron chi connectivity index (χ3n) is 4.14. The number of ether oxygens (including phenoxy) is 1. The van der Waals surface area contributed by atoms with E-state index in [1.54, 1.807) is 31.6 Å². The highest BCUT2D eigenvalue weighted by atomic mass is 35.5. The molecule has 0 saturated heterocycles. The van der Waals surface area contributed by atoms with Crippen molar-refractivity contribution in [3.8, 4) is 16.9 Å². The number of carbonyl (C=O) groups is 1. The Kier molecular flexibility index (Phi) is 5.80. The molecule has 0 amide bonds. The second-order valence-electron chi connectivity index (χ2n) is 6.22. The molecule has 31 heavy (non-hydrogen) atoms. The van der Waals surface area contributed by atoms with Crippen molar-refractivity contribution < 1.29 is 13.9 Å². The van der Waals surface area contributed by atoms with Crippen LogP contribution < -0.4 is 5.32 Å². The van der Waals surface area contributed by atoms with Gasteiger partial charge in [0.2, 0.25) is 5.95 Å². The van der Waals surface area contributed by atoms with Crippen LogP contribution in [0.3, 0.4) is 0 Å². The number of pyridine rings is 1. The molecule has 0 aliphatic carbocycles. The van der Waals surface area contributed by atoms with Crippen LogP contribution in [-0.4, -0.2) is 42.5 Å². The van der Waals surface area contributed by atoms with E-state index in [1.165, 1.54) is 35.3 Å². The fourth-order valence-electron chi connectivity index (χ4n) is 2.75. The van der Waals surface area contributed by atoms with Crippen molar-refractivity contribution >= 4 is 29.2 Å². The van der Waals surface area contributed by atoms with Gasteiger partial charge in [-0.1, -0.05) is 16.8 Å². The molecule has 0 bridgehead atoms. The summed E-state index contributed by atoms with van der Waals surface area (Å²) >= 11 is 5.84. The summed E-state index contributed by atoms with van der Waals surface area (Å²) < 4.78 is 19.9. The summed E-state index contributed by atoms with van der Waals surface area (Å²) in [5.41, 5.74) is 1.96. The maximum atomic E-state index is 13.4. The number of anilines is 2. The van der Waals surface area contributed by atoms with Crippen molar-refractivity contribution in [3.05, 3.63) is 71.7 Å². The highest BCUT2D eigenvalue weighted by Crippen LogP contribution is 2.27. The van der Waals surface area contributed by atoms with E-state index in [4.69, 9.17) is 16.3 Å². The van der Waals surface area contributed by atoms with Crippen LogP contribution in [0.25, 0.3) is 16.9 Å². The molecule has 0 spiro atoms. The standard InChI is InChI=1S/C20H15ClFN7O2/c1-2-31-19(30)13-7-12(9-23-10-13)15-11-24-20(27-18(15)29-6-5-25-28-29)26-14-3-4-17(22)16(21)8-14/h3-11H,2H2,1H3,(H,24,26,27). The van der Waals surface area contributed by atoms with Gasteiger partial charge in [-0.15, -0.1) is 5.10 Å². The van der Waals surface area contributed by atoms with Gasteiger partial charge >= 0.3 is 5.97 Å². The molecule has 9 nitrogen and oxygen atoms in total. The van der Waals surface area contributed by atoms with Gasteiger partial charge in [0.15, 0.2) is 5.82 Å². The predicted octanol–water partition coefficient (Wildman–Crippen LogP) is 3.83. The Hall–Kier alpha value is -3.92. The Balaban J connectivity index is 1.74. The number of nitrogens with one attached hydrogen (secondary N) is 1. The van der Waals surface area contributed by atoms with Crippen molar-refractivity contribution in [2.45, 2.75) is 6.92 Å². The lowest BCUT2D eigenvalue weighted by Gasteiger charge is -2.12. The monoisotopic (exact) mass is 439 g/mol. The van der Waals surface area contributed by atoms with Gasteiger partial charge in [0.05, 0.1) is 29.6 Å². The minimum atomic E-state index is -0.527. The summed E-state index contributed by atoms with van der Waals surface area (Å²) in [5.74, 6) is -0.384. The summed E-state index contributed by atoms with van der Waals surface area (Å²) in [6.07, 6.45) is 7.68. The SMILES string of the molecule is CCOC(=O)c1cncc(-c2cnc(Nc3ccc(F)c(Cl)c3)nc2-n2ccnn2)c1. The number of esters is 1. The van der Waals surface area contributed by atoms with Gasteiger partial charge in [-0.3, -0.25) is 4.98 Å². The highest BCUT2D eigenvalue weighted by molar-refractivity contribution is 6.31. The van der Waals surface area contributed by atoms with Crippen LogP contribution >= 0.6 is 11.6 Å². The molecule has 0 saturated carbocycles. The van der Waals surface area contributed by atoms with E-state index in [-0.39, 0.29) is 17.6 Å². The zero-order valence-corrected chi connectivity index (χ0v) is 16.9. The maximum absolute atomic E-state index is 13.4.